The van der Waals surface area contributed by atoms with Crippen LogP contribution in [0.1, 0.15) is 18.1 Å². The number of nitrogens with one attached hydrogen (secondary N) is 2. The van der Waals surface area contributed by atoms with Crippen LogP contribution < -0.4 is 11.1 Å². The van der Waals surface area contributed by atoms with Gasteiger partial charge in [0.05, 0.1) is 6.04 Å². The first-order valence-corrected chi connectivity index (χ1v) is 6.18. The molecule has 0 aliphatic heterocycles. The molecular weight excluding hydrogens is 262 g/mol. The highest BCUT2D eigenvalue weighted by atomic mass is 35.5. The van der Waals surface area contributed by atoms with E-state index in [1.165, 1.54) is 22.0 Å². The molecule has 19 heavy (non-hydrogen) atoms. The Bertz CT molecular complexity index is 563. The fourth-order valence-electron chi connectivity index (χ4n) is 2.05. The maximum atomic E-state index is 11.3. The summed E-state index contributed by atoms with van der Waals surface area (Å²) in [5.74, 6) is -0.106. The van der Waals surface area contributed by atoms with Crippen molar-refractivity contribution in [2.45, 2.75) is 26.3 Å². The topological polar surface area (TPSA) is 70.9 Å². The molecule has 1 heterocycles. The van der Waals surface area contributed by atoms with E-state index in [2.05, 4.69) is 35.4 Å². The fraction of sp³-hybridized carbons (Fsp3) is 0.357. The van der Waals surface area contributed by atoms with Crippen LogP contribution in [-0.2, 0) is 11.2 Å². The van der Waals surface area contributed by atoms with Crippen molar-refractivity contribution in [3.8, 4) is 0 Å². The smallest absolute Gasteiger partial charge is 0.236 e. The molecule has 1 aromatic carbocycles. The molecule has 0 saturated heterocycles. The lowest BCUT2D eigenvalue weighted by Crippen LogP contribution is -2.39. The van der Waals surface area contributed by atoms with Gasteiger partial charge in [0.1, 0.15) is 0 Å². The molecule has 1 atom stereocenters. The molecule has 1 amide bonds. The first kappa shape index (κ1) is 15.5. The van der Waals surface area contributed by atoms with E-state index in [0.717, 1.165) is 6.42 Å². The van der Waals surface area contributed by atoms with Crippen LogP contribution in [-0.4, -0.2) is 23.5 Å². The maximum absolute atomic E-state index is 11.3. The molecule has 2 rings (SSSR count). The van der Waals surface area contributed by atoms with Crippen LogP contribution >= 0.6 is 12.4 Å². The van der Waals surface area contributed by atoms with E-state index in [-0.39, 0.29) is 18.3 Å². The number of fused-ring (bicyclic) bond motifs is 1. The van der Waals surface area contributed by atoms with Gasteiger partial charge in [0.25, 0.3) is 0 Å². The van der Waals surface area contributed by atoms with Crippen LogP contribution in [0.3, 0.4) is 0 Å². The van der Waals surface area contributed by atoms with Crippen molar-refractivity contribution in [3.05, 3.63) is 35.5 Å². The number of aromatic nitrogens is 1. The molecule has 1 aromatic heterocycles. The van der Waals surface area contributed by atoms with Crippen molar-refractivity contribution < 1.29 is 4.79 Å². The number of amides is 1. The predicted octanol–water partition coefficient (Wildman–Crippen LogP) is 1.90. The van der Waals surface area contributed by atoms with Gasteiger partial charge in [0.2, 0.25) is 5.91 Å². The van der Waals surface area contributed by atoms with Crippen molar-refractivity contribution >= 4 is 29.2 Å². The number of halogens is 1. The molecule has 0 unspecified atom stereocenters. The average Bonchev–Trinajstić information content (AvgIpc) is 2.74. The molecule has 0 bridgehead atoms. The summed E-state index contributed by atoms with van der Waals surface area (Å²) in [7, 11) is 0. The maximum Gasteiger partial charge on any atom is 0.236 e. The Balaban J connectivity index is 0.00000180. The summed E-state index contributed by atoms with van der Waals surface area (Å²) in [6.45, 7) is 4.38. The third-order valence-corrected chi connectivity index (χ3v) is 3.12. The lowest BCUT2D eigenvalue weighted by atomic mass is 10.1. The second kappa shape index (κ2) is 6.59. The summed E-state index contributed by atoms with van der Waals surface area (Å²) in [6, 6.07) is 5.78. The largest absolute Gasteiger partial charge is 0.361 e. The number of benzene rings is 1. The molecule has 0 aliphatic carbocycles. The predicted molar refractivity (Wildman–Crippen MR) is 80.6 cm³/mol. The minimum absolute atomic E-state index is 0. The highest BCUT2D eigenvalue weighted by Gasteiger charge is 2.08. The van der Waals surface area contributed by atoms with E-state index in [1.54, 1.807) is 6.92 Å². The van der Waals surface area contributed by atoms with Crippen molar-refractivity contribution in [2.24, 2.45) is 5.73 Å². The number of carbonyl (C=O) groups excluding carboxylic acids is 1. The van der Waals surface area contributed by atoms with Gasteiger partial charge in [-0.05, 0) is 31.4 Å². The number of rotatable bonds is 4. The van der Waals surface area contributed by atoms with Crippen molar-refractivity contribution in [1.82, 2.24) is 10.3 Å². The van der Waals surface area contributed by atoms with E-state index >= 15 is 0 Å². The van der Waals surface area contributed by atoms with Gasteiger partial charge in [-0.1, -0.05) is 18.2 Å². The van der Waals surface area contributed by atoms with Crippen molar-refractivity contribution in [3.63, 3.8) is 0 Å². The molecule has 0 radical (unpaired) electrons. The number of aromatic amines is 1. The molecule has 2 aromatic rings. The number of nitrogens with two attached hydrogens (primary N) is 1. The second-order valence-corrected chi connectivity index (χ2v) is 4.64. The third-order valence-electron chi connectivity index (χ3n) is 3.12. The third kappa shape index (κ3) is 3.49. The zero-order valence-electron chi connectivity index (χ0n) is 11.2. The summed E-state index contributed by atoms with van der Waals surface area (Å²) in [6.07, 6.45) is 2.82. The molecule has 0 saturated carbocycles. The first-order valence-electron chi connectivity index (χ1n) is 6.18. The van der Waals surface area contributed by atoms with Gasteiger partial charge >= 0.3 is 0 Å². The van der Waals surface area contributed by atoms with Gasteiger partial charge in [-0.25, -0.2) is 0 Å². The van der Waals surface area contributed by atoms with Crippen LogP contribution in [0.5, 0.6) is 0 Å². The van der Waals surface area contributed by atoms with Crippen molar-refractivity contribution in [2.75, 3.05) is 6.54 Å². The molecule has 0 fully saturated rings. The molecule has 5 heteroatoms. The van der Waals surface area contributed by atoms with Gasteiger partial charge in [-0.2, -0.15) is 0 Å². The van der Waals surface area contributed by atoms with Gasteiger partial charge in [-0.3, -0.25) is 4.79 Å². The highest BCUT2D eigenvalue weighted by Crippen LogP contribution is 2.21. The van der Waals surface area contributed by atoms with E-state index in [0.29, 0.717) is 6.54 Å². The molecular formula is C14H20ClN3O. The summed E-state index contributed by atoms with van der Waals surface area (Å²) in [4.78, 5) is 14.6. The summed E-state index contributed by atoms with van der Waals surface area (Å²) in [5, 5.41) is 4.05. The van der Waals surface area contributed by atoms with Crippen LogP contribution in [0.15, 0.2) is 24.4 Å². The number of carbonyl (C=O) groups is 1. The molecule has 0 spiro atoms. The zero-order valence-corrected chi connectivity index (χ0v) is 12.0. The van der Waals surface area contributed by atoms with E-state index < -0.39 is 6.04 Å². The monoisotopic (exact) mass is 281 g/mol. The van der Waals surface area contributed by atoms with Gasteiger partial charge in [0, 0.05) is 23.6 Å². The lowest BCUT2D eigenvalue weighted by Gasteiger charge is -2.07. The van der Waals surface area contributed by atoms with Crippen LogP contribution in [0.4, 0.5) is 0 Å². The average molecular weight is 282 g/mol. The Hall–Kier alpha value is -1.52. The Morgan fingerprint density at radius 2 is 2.21 bits per heavy atom. The van der Waals surface area contributed by atoms with Crippen LogP contribution in [0, 0.1) is 6.92 Å². The zero-order chi connectivity index (χ0) is 13.1. The first-order chi connectivity index (χ1) is 8.59. The summed E-state index contributed by atoms with van der Waals surface area (Å²) in [5.41, 5.74) is 9.12. The minimum atomic E-state index is -0.449. The lowest BCUT2D eigenvalue weighted by molar-refractivity contribution is -0.121. The Kier molecular flexibility index (Phi) is 5.39. The number of aryl methyl sites for hydroxylation is 1. The van der Waals surface area contributed by atoms with Gasteiger partial charge < -0.3 is 16.0 Å². The van der Waals surface area contributed by atoms with E-state index in [4.69, 9.17) is 5.73 Å². The van der Waals surface area contributed by atoms with E-state index in [1.807, 2.05) is 6.20 Å². The summed E-state index contributed by atoms with van der Waals surface area (Å²) < 4.78 is 0. The van der Waals surface area contributed by atoms with Crippen LogP contribution in [0.25, 0.3) is 10.9 Å². The molecule has 4 nitrogen and oxygen atoms in total. The fourth-order valence-corrected chi connectivity index (χ4v) is 2.05. The van der Waals surface area contributed by atoms with Gasteiger partial charge in [0.15, 0.2) is 0 Å². The molecule has 4 N–H and O–H groups in total. The Morgan fingerprint density at radius 1 is 1.47 bits per heavy atom. The minimum Gasteiger partial charge on any atom is -0.361 e. The molecule has 104 valence electrons. The normalized spacial score (nSPS) is 11.9. The summed E-state index contributed by atoms with van der Waals surface area (Å²) >= 11 is 0. The Labute approximate surface area is 119 Å². The standard InChI is InChI=1S/C14H19N3O.ClH/c1-9-4-3-5-12-11(8-17-13(9)12)6-7-16-14(18)10(2)15;/h3-5,8,10,17H,6-7,15H2,1-2H3,(H,16,18);1H/t10-;/m1./s1. The number of H-pyrrole nitrogens is 1. The number of hydrogen-bond acceptors (Lipinski definition) is 2. The second-order valence-electron chi connectivity index (χ2n) is 4.64. The highest BCUT2D eigenvalue weighted by molar-refractivity contribution is 5.86. The van der Waals surface area contributed by atoms with Gasteiger partial charge in [-0.15, -0.1) is 12.4 Å². The number of hydrogen-bond donors (Lipinski definition) is 3. The van der Waals surface area contributed by atoms with Crippen LogP contribution in [0.2, 0.25) is 0 Å². The molecule has 0 aliphatic rings. The Morgan fingerprint density at radius 3 is 2.89 bits per heavy atom. The SMILES string of the molecule is Cc1cccc2c(CCNC(=O)[C@@H](C)N)c[nH]c12.Cl. The quantitative estimate of drug-likeness (QED) is 0.801. The van der Waals surface area contributed by atoms with E-state index in [9.17, 15) is 4.79 Å². The number of para-hydroxylation sites is 1. The van der Waals surface area contributed by atoms with Crippen molar-refractivity contribution in [1.29, 1.82) is 0 Å².